The molecule has 35 heavy (non-hydrogen) atoms. The maximum absolute atomic E-state index is 10.5. The number of hydrogen-bond acceptors (Lipinski definition) is 2. The van der Waals surface area contributed by atoms with Gasteiger partial charge in [-0.2, -0.15) is 0 Å². The molecule has 0 aliphatic carbocycles. The molecule has 0 fully saturated rings. The second-order valence-electron chi connectivity index (χ2n) is 9.01. The first kappa shape index (κ1) is 33.1. The van der Waals surface area contributed by atoms with E-state index in [0.717, 1.165) is 0 Å². The van der Waals surface area contributed by atoms with Gasteiger partial charge in [-0.1, -0.05) is 114 Å². The van der Waals surface area contributed by atoms with Gasteiger partial charge in [-0.15, -0.1) is 0 Å². The van der Waals surface area contributed by atoms with Crippen molar-refractivity contribution in [3.63, 3.8) is 0 Å². The van der Waals surface area contributed by atoms with Crippen molar-refractivity contribution >= 4 is 35.0 Å². The summed E-state index contributed by atoms with van der Waals surface area (Å²) in [7, 11) is 0. The molecule has 4 nitrogen and oxygen atoms in total. The minimum Gasteiger partial charge on any atom is -1.00 e. The fourth-order valence-corrected chi connectivity index (χ4v) is 3.95. The van der Waals surface area contributed by atoms with Crippen molar-refractivity contribution in [2.24, 2.45) is 0 Å². The van der Waals surface area contributed by atoms with E-state index in [2.05, 4.69) is 38.1 Å². The fraction of sp³-hybridized carbons (Fsp3) is 0.533. The first-order valence-corrected chi connectivity index (χ1v) is 13.1. The zero-order valence-electron chi connectivity index (χ0n) is 23.9. The van der Waals surface area contributed by atoms with Crippen molar-refractivity contribution in [2.75, 3.05) is 0 Å². The van der Waals surface area contributed by atoms with E-state index in [1.54, 1.807) is 0 Å². The summed E-state index contributed by atoms with van der Waals surface area (Å²) in [6.07, 6.45) is 19.3. The number of aryl methyl sites for hydroxylation is 2. The first-order valence-electron chi connectivity index (χ1n) is 13.1. The Labute approximate surface area is 231 Å². The third-order valence-corrected chi connectivity index (χ3v) is 6.05. The number of benzene rings is 2. The molecule has 2 N–H and O–H groups in total. The van der Waals surface area contributed by atoms with Crippen molar-refractivity contribution in [1.29, 1.82) is 0 Å². The smallest absolute Gasteiger partial charge is 1.00 e. The maximum Gasteiger partial charge on any atom is 2.00 e. The molecule has 2 rings (SSSR count). The van der Waals surface area contributed by atoms with Crippen LogP contribution in [0.4, 0.5) is 0 Å². The van der Waals surface area contributed by atoms with Gasteiger partial charge in [0.2, 0.25) is 0 Å². The molecule has 0 saturated carbocycles. The Morgan fingerprint density at radius 3 is 1.20 bits per heavy atom. The molecule has 2 aromatic rings. The Hall–Kier alpha value is -1.85. The second-order valence-corrected chi connectivity index (χ2v) is 9.01. The summed E-state index contributed by atoms with van der Waals surface area (Å²) in [6, 6.07) is 14.9. The Kier molecular flexibility index (Phi) is 20.3. The van der Waals surface area contributed by atoms with Crippen molar-refractivity contribution in [2.45, 2.75) is 104 Å². The second kappa shape index (κ2) is 21.4. The van der Waals surface area contributed by atoms with Crippen LogP contribution >= 0.6 is 0 Å². The van der Waals surface area contributed by atoms with E-state index in [-0.39, 0.29) is 37.0 Å². The minimum atomic E-state index is -1.23. The van der Waals surface area contributed by atoms with Crippen LogP contribution in [0.15, 0.2) is 48.5 Å². The molecule has 0 aromatic heterocycles. The van der Waals surface area contributed by atoms with Gasteiger partial charge in [0.25, 0.3) is 0 Å². The number of aromatic carboxylic acids is 2. The molecule has 0 atom stereocenters. The predicted octanol–water partition coefficient (Wildman–Crippen LogP) is 8.42. The monoisotopic (exact) mass is 494 g/mol. The summed E-state index contributed by atoms with van der Waals surface area (Å²) in [4.78, 5) is 20.9. The summed E-state index contributed by atoms with van der Waals surface area (Å²) < 4.78 is 0. The molecule has 2 aromatic carbocycles. The van der Waals surface area contributed by atoms with Crippen molar-refractivity contribution in [3.8, 4) is 0 Å². The molecule has 0 saturated heterocycles. The van der Waals surface area contributed by atoms with Gasteiger partial charge < -0.3 is 13.1 Å². The number of unbranched alkanes of at least 4 members (excludes halogenated alkanes) is 10. The SMILES string of the molecule is CCCCCCCCc1ccc(CCCCCCCC)cc1.O=C(O)c1ccccc1C(=O)O.[H-].[H-].[Mg+2]. The van der Waals surface area contributed by atoms with E-state index in [0.29, 0.717) is 0 Å². The van der Waals surface area contributed by atoms with Crippen LogP contribution in [-0.2, 0) is 12.8 Å². The van der Waals surface area contributed by atoms with Crippen molar-refractivity contribution in [3.05, 3.63) is 70.8 Å². The van der Waals surface area contributed by atoms with Crippen LogP contribution in [0.1, 0.15) is 126 Å². The Morgan fingerprint density at radius 1 is 0.571 bits per heavy atom. The number of carbonyl (C=O) groups is 2. The third-order valence-electron chi connectivity index (χ3n) is 6.05. The summed E-state index contributed by atoms with van der Waals surface area (Å²) >= 11 is 0. The van der Waals surface area contributed by atoms with Gasteiger partial charge in [0, 0.05) is 0 Å². The van der Waals surface area contributed by atoms with E-state index in [4.69, 9.17) is 10.2 Å². The van der Waals surface area contributed by atoms with Gasteiger partial charge in [0.1, 0.15) is 0 Å². The molecule has 0 bridgehead atoms. The van der Waals surface area contributed by atoms with Crippen LogP contribution in [0.5, 0.6) is 0 Å². The normalized spacial score (nSPS) is 10.1. The van der Waals surface area contributed by atoms with Crippen LogP contribution in [0, 0.1) is 0 Å². The summed E-state index contributed by atoms with van der Waals surface area (Å²) in [6.45, 7) is 4.57. The number of rotatable bonds is 16. The molecule has 0 aliphatic heterocycles. The van der Waals surface area contributed by atoms with Crippen LogP contribution < -0.4 is 0 Å². The molecule has 192 valence electrons. The fourth-order valence-electron chi connectivity index (χ4n) is 3.95. The number of carboxylic acids is 2. The quantitative estimate of drug-likeness (QED) is 0.181. The van der Waals surface area contributed by atoms with Crippen LogP contribution in [0.2, 0.25) is 0 Å². The minimum absolute atomic E-state index is 0. The average Bonchev–Trinajstić information content (AvgIpc) is 2.84. The summed E-state index contributed by atoms with van der Waals surface area (Å²) in [5.41, 5.74) is 2.68. The zero-order valence-corrected chi connectivity index (χ0v) is 23.4. The summed E-state index contributed by atoms with van der Waals surface area (Å²) in [5, 5.41) is 17.1. The first-order chi connectivity index (χ1) is 16.5. The number of hydrogen-bond donors (Lipinski definition) is 2. The average molecular weight is 495 g/mol. The molecule has 0 spiro atoms. The van der Waals surface area contributed by atoms with E-state index < -0.39 is 11.9 Å². The Balaban J connectivity index is -0.000000662. The van der Waals surface area contributed by atoms with Gasteiger partial charge in [-0.25, -0.2) is 9.59 Å². The topological polar surface area (TPSA) is 74.6 Å². The van der Waals surface area contributed by atoms with E-state index >= 15 is 0 Å². The van der Waals surface area contributed by atoms with Gasteiger partial charge >= 0.3 is 35.0 Å². The van der Waals surface area contributed by atoms with E-state index in [9.17, 15) is 9.59 Å². The van der Waals surface area contributed by atoms with Gasteiger partial charge in [0.15, 0.2) is 0 Å². The third kappa shape index (κ3) is 15.7. The van der Waals surface area contributed by atoms with Gasteiger partial charge in [0.05, 0.1) is 11.1 Å². The van der Waals surface area contributed by atoms with Crippen LogP contribution in [0.3, 0.4) is 0 Å². The van der Waals surface area contributed by atoms with Gasteiger partial charge in [-0.3, -0.25) is 0 Å². The van der Waals surface area contributed by atoms with Crippen molar-refractivity contribution in [1.82, 2.24) is 0 Å². The molecule has 0 aliphatic rings. The Bertz CT molecular complexity index is 761. The largest absolute Gasteiger partial charge is 2.00 e. The number of carboxylic acid groups (broad SMARTS) is 2. The van der Waals surface area contributed by atoms with Crippen LogP contribution in [0.25, 0.3) is 0 Å². The van der Waals surface area contributed by atoms with Gasteiger partial charge in [-0.05, 0) is 48.9 Å². The van der Waals surface area contributed by atoms with E-state index in [1.165, 1.54) is 125 Å². The molecule has 0 unspecified atom stereocenters. The molecule has 0 heterocycles. The molecule has 0 radical (unpaired) electrons. The molecule has 5 heteroatoms. The van der Waals surface area contributed by atoms with E-state index in [1.807, 2.05) is 0 Å². The molecular weight excluding hydrogens is 449 g/mol. The Morgan fingerprint density at radius 2 is 0.886 bits per heavy atom. The zero-order chi connectivity index (χ0) is 25.0. The van der Waals surface area contributed by atoms with Crippen LogP contribution in [-0.4, -0.2) is 45.2 Å². The standard InChI is InChI=1S/C22H38.C8H6O4.Mg.2H/c1-3-5-7-9-11-13-15-21-17-19-22(20-18-21)16-14-12-10-8-6-4-2;9-7(10)5-3-1-2-4-6(5)8(11)12;;;/h17-20H,3-16H2,1-2H3;1-4H,(H,9,10)(H,11,12);;;/q;;+2;2*-1. The maximum atomic E-state index is 10.5. The molecular formula is C30H46MgO4. The predicted molar refractivity (Wildman–Crippen MR) is 149 cm³/mol. The summed E-state index contributed by atoms with van der Waals surface area (Å²) in [5.74, 6) is -2.46. The molecule has 0 amide bonds. The van der Waals surface area contributed by atoms with Crippen molar-refractivity contribution < 1.29 is 22.7 Å².